The van der Waals surface area contributed by atoms with E-state index in [1.807, 2.05) is 24.3 Å². The molecule has 1 fully saturated rings. The molecule has 0 bridgehead atoms. The van der Waals surface area contributed by atoms with Crippen LogP contribution in [0.3, 0.4) is 0 Å². The second-order valence-electron chi connectivity index (χ2n) is 7.87. The fraction of sp³-hybridized carbons (Fsp3) is 0.364. The van der Waals surface area contributed by atoms with Crippen LogP contribution < -0.4 is 0 Å². The summed E-state index contributed by atoms with van der Waals surface area (Å²) in [5.74, 6) is -2.03. The van der Waals surface area contributed by atoms with E-state index >= 15 is 0 Å². The minimum atomic E-state index is -1.61. The summed E-state index contributed by atoms with van der Waals surface area (Å²) < 4.78 is 11.2. The van der Waals surface area contributed by atoms with Crippen molar-refractivity contribution in [3.63, 3.8) is 0 Å². The monoisotopic (exact) mass is 380 g/mol. The highest BCUT2D eigenvalue weighted by atomic mass is 16.7. The van der Waals surface area contributed by atoms with E-state index in [4.69, 9.17) is 9.47 Å². The van der Waals surface area contributed by atoms with Gasteiger partial charge in [0.05, 0.1) is 19.3 Å². The number of hydrogen-bond acceptors (Lipinski definition) is 6. The number of benzene rings is 2. The summed E-state index contributed by atoms with van der Waals surface area (Å²) in [5.41, 5.74) is -0.774. The number of ketones is 2. The Morgan fingerprint density at radius 3 is 2.18 bits per heavy atom. The molecule has 2 aliphatic carbocycles. The Labute approximate surface area is 161 Å². The molecule has 1 saturated heterocycles. The molecule has 144 valence electrons. The fourth-order valence-electron chi connectivity index (χ4n) is 4.63. The molecule has 3 aliphatic rings. The van der Waals surface area contributed by atoms with Crippen LogP contribution in [0.4, 0.5) is 0 Å². The standard InChI is InChI=1S/C22H20O6/c1-21(27-6-7-28-21)22(26)10-16-18(17(23)11-22)20(25)15-9-13-5-3-2-4-12(13)8-14(15)19(16)24/h2-5,8-9,17,23,26H,6-7,10-11H2,1H3/t17-,22-/m0/s1. The van der Waals surface area contributed by atoms with Crippen molar-refractivity contribution >= 4 is 22.3 Å². The molecule has 0 saturated carbocycles. The molecule has 1 aliphatic heterocycles. The molecular weight excluding hydrogens is 360 g/mol. The molecule has 2 N–H and O–H groups in total. The van der Waals surface area contributed by atoms with Gasteiger partial charge in [0.2, 0.25) is 0 Å². The second-order valence-corrected chi connectivity index (χ2v) is 7.87. The Kier molecular flexibility index (Phi) is 3.67. The zero-order valence-electron chi connectivity index (χ0n) is 15.4. The van der Waals surface area contributed by atoms with Crippen molar-refractivity contribution in [1.29, 1.82) is 0 Å². The van der Waals surface area contributed by atoms with E-state index in [1.165, 1.54) is 0 Å². The van der Waals surface area contributed by atoms with Gasteiger partial charge in [-0.25, -0.2) is 0 Å². The zero-order valence-corrected chi connectivity index (χ0v) is 15.4. The van der Waals surface area contributed by atoms with Gasteiger partial charge in [0.25, 0.3) is 0 Å². The lowest BCUT2D eigenvalue weighted by Gasteiger charge is -2.45. The number of ether oxygens (including phenoxy) is 2. The lowest BCUT2D eigenvalue weighted by molar-refractivity contribution is -0.266. The highest BCUT2D eigenvalue weighted by Crippen LogP contribution is 2.47. The fourth-order valence-corrected chi connectivity index (χ4v) is 4.63. The van der Waals surface area contributed by atoms with Gasteiger partial charge < -0.3 is 19.7 Å². The van der Waals surface area contributed by atoms with Gasteiger partial charge in [-0.2, -0.15) is 0 Å². The summed E-state index contributed by atoms with van der Waals surface area (Å²) in [5, 5.41) is 23.7. The first-order valence-electron chi connectivity index (χ1n) is 9.37. The molecule has 2 aromatic carbocycles. The number of rotatable bonds is 1. The van der Waals surface area contributed by atoms with Crippen LogP contribution >= 0.6 is 0 Å². The first kappa shape index (κ1) is 17.7. The van der Waals surface area contributed by atoms with Gasteiger partial charge in [0.15, 0.2) is 17.4 Å². The van der Waals surface area contributed by atoms with Crippen molar-refractivity contribution in [1.82, 2.24) is 0 Å². The maximum Gasteiger partial charge on any atom is 0.195 e. The largest absolute Gasteiger partial charge is 0.388 e. The van der Waals surface area contributed by atoms with E-state index in [9.17, 15) is 19.8 Å². The van der Waals surface area contributed by atoms with Crippen LogP contribution in [0, 0.1) is 0 Å². The van der Waals surface area contributed by atoms with Crippen LogP contribution in [0.15, 0.2) is 47.5 Å². The first-order chi connectivity index (χ1) is 13.3. The van der Waals surface area contributed by atoms with Crippen molar-refractivity contribution in [2.45, 2.75) is 37.3 Å². The molecule has 1 heterocycles. The van der Waals surface area contributed by atoms with E-state index in [0.717, 1.165) is 10.8 Å². The smallest absolute Gasteiger partial charge is 0.195 e. The van der Waals surface area contributed by atoms with E-state index in [-0.39, 0.29) is 35.6 Å². The summed E-state index contributed by atoms with van der Waals surface area (Å²) in [6, 6.07) is 10.9. The summed E-state index contributed by atoms with van der Waals surface area (Å²) in [4.78, 5) is 26.4. The predicted molar refractivity (Wildman–Crippen MR) is 100 cm³/mol. The van der Waals surface area contributed by atoms with Crippen molar-refractivity contribution < 1.29 is 29.3 Å². The summed E-state index contributed by atoms with van der Waals surface area (Å²) in [6.07, 6.45) is -1.51. The van der Waals surface area contributed by atoms with E-state index < -0.39 is 17.5 Å². The summed E-state index contributed by atoms with van der Waals surface area (Å²) in [7, 11) is 0. The van der Waals surface area contributed by atoms with E-state index in [2.05, 4.69) is 0 Å². The molecule has 6 nitrogen and oxygen atoms in total. The summed E-state index contributed by atoms with van der Waals surface area (Å²) in [6.45, 7) is 2.25. The molecule has 0 amide bonds. The molecule has 0 unspecified atom stereocenters. The molecular formula is C22H20O6. The molecule has 0 aromatic heterocycles. The maximum absolute atomic E-state index is 13.3. The van der Waals surface area contributed by atoms with Gasteiger partial charge >= 0.3 is 0 Å². The number of hydrogen-bond donors (Lipinski definition) is 2. The summed E-state index contributed by atoms with van der Waals surface area (Å²) >= 11 is 0. The van der Waals surface area contributed by atoms with Gasteiger partial charge in [-0.1, -0.05) is 24.3 Å². The molecule has 2 atom stereocenters. The highest BCUT2D eigenvalue weighted by molar-refractivity contribution is 6.28. The number of fused-ring (bicyclic) bond motifs is 2. The second kappa shape index (κ2) is 5.81. The maximum atomic E-state index is 13.3. The molecule has 0 spiro atoms. The number of Topliss-reactive ketones (excluding diaryl/α,β-unsaturated/α-hetero) is 2. The minimum Gasteiger partial charge on any atom is -0.388 e. The Bertz CT molecular complexity index is 1060. The normalized spacial score (nSPS) is 29.2. The lowest BCUT2D eigenvalue weighted by Crippen LogP contribution is -2.58. The quantitative estimate of drug-likeness (QED) is 0.788. The van der Waals surface area contributed by atoms with Crippen molar-refractivity contribution in [2.24, 2.45) is 0 Å². The topological polar surface area (TPSA) is 93.1 Å². The molecule has 28 heavy (non-hydrogen) atoms. The van der Waals surface area contributed by atoms with E-state index in [0.29, 0.717) is 24.3 Å². The Hall–Kier alpha value is -2.38. The van der Waals surface area contributed by atoms with Crippen LogP contribution in [-0.2, 0) is 9.47 Å². The van der Waals surface area contributed by atoms with Gasteiger partial charge in [-0.05, 0) is 29.8 Å². The third-order valence-electron chi connectivity index (χ3n) is 6.24. The van der Waals surface area contributed by atoms with Crippen LogP contribution in [0.1, 0.15) is 40.5 Å². The lowest BCUT2D eigenvalue weighted by atomic mass is 9.68. The molecule has 0 radical (unpaired) electrons. The number of carbonyl (C=O) groups is 2. The minimum absolute atomic E-state index is 0.0825. The predicted octanol–water partition coefficient (Wildman–Crippen LogP) is 2.16. The van der Waals surface area contributed by atoms with Crippen molar-refractivity contribution in [3.8, 4) is 0 Å². The molecule has 2 aromatic rings. The number of aliphatic hydroxyl groups is 2. The molecule has 6 heteroatoms. The SMILES string of the molecule is CC1([C@]2(O)CC3=C(C(=O)c4cc5ccccc5cc4C3=O)[C@@H](O)C2)OCCO1. The van der Waals surface area contributed by atoms with Crippen molar-refractivity contribution in [2.75, 3.05) is 13.2 Å². The Morgan fingerprint density at radius 2 is 1.57 bits per heavy atom. The Balaban J connectivity index is 1.64. The van der Waals surface area contributed by atoms with Gasteiger partial charge in [-0.15, -0.1) is 0 Å². The van der Waals surface area contributed by atoms with Crippen LogP contribution in [0.2, 0.25) is 0 Å². The average molecular weight is 380 g/mol. The van der Waals surface area contributed by atoms with Gasteiger partial charge in [-0.3, -0.25) is 9.59 Å². The third kappa shape index (κ3) is 2.29. The zero-order chi connectivity index (χ0) is 19.7. The van der Waals surface area contributed by atoms with Crippen LogP contribution in [0.5, 0.6) is 0 Å². The number of carbonyl (C=O) groups excluding carboxylic acids is 2. The average Bonchev–Trinajstić information content (AvgIpc) is 3.13. The van der Waals surface area contributed by atoms with Crippen LogP contribution in [-0.4, -0.2) is 52.5 Å². The number of aliphatic hydroxyl groups excluding tert-OH is 1. The third-order valence-corrected chi connectivity index (χ3v) is 6.24. The van der Waals surface area contributed by atoms with E-state index in [1.54, 1.807) is 19.1 Å². The Morgan fingerprint density at radius 1 is 1.00 bits per heavy atom. The highest BCUT2D eigenvalue weighted by Gasteiger charge is 2.57. The van der Waals surface area contributed by atoms with Gasteiger partial charge in [0, 0.05) is 35.1 Å². The molecule has 5 rings (SSSR count). The van der Waals surface area contributed by atoms with Gasteiger partial charge in [0.1, 0.15) is 5.60 Å². The first-order valence-corrected chi connectivity index (χ1v) is 9.37. The van der Waals surface area contributed by atoms with Crippen LogP contribution in [0.25, 0.3) is 10.8 Å². The van der Waals surface area contributed by atoms with Crippen molar-refractivity contribution in [3.05, 3.63) is 58.7 Å².